The normalized spacial score (nSPS) is 51.8. The fourth-order valence-electron chi connectivity index (χ4n) is 3.29. The zero-order valence-corrected chi connectivity index (χ0v) is 8.12. The molecule has 72 valence electrons. The number of hydrogen-bond acceptors (Lipinski definition) is 2. The maximum absolute atomic E-state index is 11.3. The van der Waals surface area contributed by atoms with Crippen LogP contribution >= 0.6 is 0 Å². The van der Waals surface area contributed by atoms with E-state index in [1.807, 2.05) is 4.90 Å². The standard InChI is InChI=1S/C10H15NO2/c1-6-3-8-5-13-10(8)9(4-6)11(10)7(2)12/h6,8-9H,3-5H2,1-2H3. The molecule has 2 saturated heterocycles. The van der Waals surface area contributed by atoms with Crippen LogP contribution in [0.25, 0.3) is 0 Å². The SMILES string of the molecule is CC(=O)N1C2CC(C)CC3COC321. The minimum atomic E-state index is -0.113. The van der Waals surface area contributed by atoms with E-state index in [2.05, 4.69) is 6.92 Å². The Bertz CT molecular complexity index is 278. The molecule has 0 aromatic heterocycles. The highest BCUT2D eigenvalue weighted by atomic mass is 16.6. The molecule has 1 spiro atoms. The van der Waals surface area contributed by atoms with Crippen LogP contribution in [-0.2, 0) is 9.53 Å². The zero-order chi connectivity index (χ0) is 9.22. The fraction of sp³-hybridized carbons (Fsp3) is 0.900. The van der Waals surface area contributed by atoms with Gasteiger partial charge in [0.2, 0.25) is 5.91 Å². The van der Waals surface area contributed by atoms with Gasteiger partial charge >= 0.3 is 0 Å². The van der Waals surface area contributed by atoms with Gasteiger partial charge < -0.3 is 9.64 Å². The van der Waals surface area contributed by atoms with E-state index in [9.17, 15) is 4.79 Å². The number of likely N-dealkylation sites (tertiary alicyclic amines) is 1. The summed E-state index contributed by atoms with van der Waals surface area (Å²) >= 11 is 0. The Labute approximate surface area is 78.0 Å². The fourth-order valence-corrected chi connectivity index (χ4v) is 3.29. The van der Waals surface area contributed by atoms with Crippen molar-refractivity contribution in [2.24, 2.45) is 11.8 Å². The van der Waals surface area contributed by atoms with Crippen LogP contribution in [0.2, 0.25) is 0 Å². The molecule has 4 unspecified atom stereocenters. The third-order valence-electron chi connectivity index (χ3n) is 3.85. The summed E-state index contributed by atoms with van der Waals surface area (Å²) in [6.07, 6.45) is 2.37. The van der Waals surface area contributed by atoms with Crippen LogP contribution in [0, 0.1) is 11.8 Å². The molecular weight excluding hydrogens is 166 g/mol. The summed E-state index contributed by atoms with van der Waals surface area (Å²) in [5, 5.41) is 0. The summed E-state index contributed by atoms with van der Waals surface area (Å²) in [6, 6.07) is 0.410. The lowest BCUT2D eigenvalue weighted by molar-refractivity contribution is -0.186. The molecule has 0 radical (unpaired) electrons. The van der Waals surface area contributed by atoms with Crippen molar-refractivity contribution >= 4 is 5.91 Å². The first-order valence-corrected chi connectivity index (χ1v) is 5.10. The van der Waals surface area contributed by atoms with E-state index in [-0.39, 0.29) is 11.6 Å². The number of ether oxygens (including phenoxy) is 1. The first-order chi connectivity index (χ1) is 6.16. The van der Waals surface area contributed by atoms with Gasteiger partial charge in [0.25, 0.3) is 0 Å². The van der Waals surface area contributed by atoms with Gasteiger partial charge in [-0.05, 0) is 18.8 Å². The minimum absolute atomic E-state index is 0.113. The molecule has 4 atom stereocenters. The third-order valence-corrected chi connectivity index (χ3v) is 3.85. The van der Waals surface area contributed by atoms with Gasteiger partial charge in [0.05, 0.1) is 12.6 Å². The first-order valence-electron chi connectivity index (χ1n) is 5.10. The Morgan fingerprint density at radius 1 is 1.54 bits per heavy atom. The summed E-state index contributed by atoms with van der Waals surface area (Å²) in [5.41, 5.74) is -0.113. The van der Waals surface area contributed by atoms with Crippen LogP contribution in [0.15, 0.2) is 0 Å². The van der Waals surface area contributed by atoms with Gasteiger partial charge in [-0.25, -0.2) is 0 Å². The lowest BCUT2D eigenvalue weighted by atomic mass is 9.78. The number of rotatable bonds is 0. The highest BCUT2D eigenvalue weighted by Gasteiger charge is 2.75. The number of nitrogens with zero attached hydrogens (tertiary/aromatic N) is 1. The van der Waals surface area contributed by atoms with E-state index in [1.165, 1.54) is 6.42 Å². The molecular formula is C10H15NO2. The van der Waals surface area contributed by atoms with Crippen LogP contribution < -0.4 is 0 Å². The second-order valence-electron chi connectivity index (χ2n) is 4.74. The molecule has 0 aromatic rings. The average Bonchev–Trinajstić information content (AvgIpc) is 2.69. The molecule has 3 aliphatic rings. The molecule has 1 saturated carbocycles. The van der Waals surface area contributed by atoms with Gasteiger partial charge in [0, 0.05) is 12.8 Å². The second-order valence-corrected chi connectivity index (χ2v) is 4.74. The van der Waals surface area contributed by atoms with E-state index in [1.54, 1.807) is 6.92 Å². The number of amides is 1. The van der Waals surface area contributed by atoms with Gasteiger partial charge in [-0.3, -0.25) is 4.79 Å². The number of carbonyl (C=O) groups excluding carboxylic acids is 1. The van der Waals surface area contributed by atoms with Crippen LogP contribution in [-0.4, -0.2) is 29.2 Å². The Morgan fingerprint density at radius 3 is 2.85 bits per heavy atom. The Morgan fingerprint density at radius 2 is 2.31 bits per heavy atom. The van der Waals surface area contributed by atoms with E-state index < -0.39 is 0 Å². The van der Waals surface area contributed by atoms with Crippen molar-refractivity contribution in [3.8, 4) is 0 Å². The Kier molecular flexibility index (Phi) is 1.25. The third kappa shape index (κ3) is 0.725. The van der Waals surface area contributed by atoms with Crippen LogP contribution in [0.5, 0.6) is 0 Å². The van der Waals surface area contributed by atoms with E-state index in [0.29, 0.717) is 12.0 Å². The summed E-state index contributed by atoms with van der Waals surface area (Å²) in [5.74, 6) is 1.57. The van der Waals surface area contributed by atoms with Gasteiger partial charge in [0.15, 0.2) is 5.72 Å². The van der Waals surface area contributed by atoms with Crippen molar-refractivity contribution in [1.29, 1.82) is 0 Å². The van der Waals surface area contributed by atoms with Gasteiger partial charge in [-0.2, -0.15) is 0 Å². The maximum atomic E-state index is 11.3. The van der Waals surface area contributed by atoms with Crippen LogP contribution in [0.4, 0.5) is 0 Å². The van der Waals surface area contributed by atoms with Gasteiger partial charge in [0.1, 0.15) is 0 Å². The van der Waals surface area contributed by atoms with Crippen molar-refractivity contribution < 1.29 is 9.53 Å². The highest BCUT2D eigenvalue weighted by molar-refractivity contribution is 5.78. The Balaban J connectivity index is 1.87. The molecule has 0 bridgehead atoms. The van der Waals surface area contributed by atoms with Gasteiger partial charge in [-0.1, -0.05) is 6.92 Å². The molecule has 3 fully saturated rings. The summed E-state index contributed by atoms with van der Waals surface area (Å²) in [4.78, 5) is 13.3. The molecule has 3 rings (SSSR count). The Hall–Kier alpha value is -0.570. The molecule has 0 aromatic carbocycles. The highest BCUT2D eigenvalue weighted by Crippen LogP contribution is 2.61. The van der Waals surface area contributed by atoms with Crippen LogP contribution in [0.1, 0.15) is 26.7 Å². The lowest BCUT2D eigenvalue weighted by Gasteiger charge is -2.41. The zero-order valence-electron chi connectivity index (χ0n) is 8.12. The molecule has 0 N–H and O–H groups in total. The summed E-state index contributed by atoms with van der Waals surface area (Å²) in [6.45, 7) is 4.79. The second kappa shape index (κ2) is 2.08. The van der Waals surface area contributed by atoms with Crippen molar-refractivity contribution in [3.05, 3.63) is 0 Å². The maximum Gasteiger partial charge on any atom is 0.222 e. The monoisotopic (exact) mass is 181 g/mol. The van der Waals surface area contributed by atoms with Crippen molar-refractivity contribution in [3.63, 3.8) is 0 Å². The average molecular weight is 181 g/mol. The van der Waals surface area contributed by atoms with E-state index in [4.69, 9.17) is 4.74 Å². The van der Waals surface area contributed by atoms with Crippen molar-refractivity contribution in [2.45, 2.75) is 38.5 Å². The van der Waals surface area contributed by atoms with Crippen LogP contribution in [0.3, 0.4) is 0 Å². The topological polar surface area (TPSA) is 29.3 Å². The number of hydrogen-bond donors (Lipinski definition) is 0. The van der Waals surface area contributed by atoms with Crippen molar-refractivity contribution in [1.82, 2.24) is 4.90 Å². The molecule has 2 heterocycles. The largest absolute Gasteiger partial charge is 0.352 e. The lowest BCUT2D eigenvalue weighted by Crippen LogP contribution is -2.50. The first kappa shape index (κ1) is 7.80. The molecule has 1 aliphatic carbocycles. The predicted molar refractivity (Wildman–Crippen MR) is 46.9 cm³/mol. The summed E-state index contributed by atoms with van der Waals surface area (Å²) in [7, 11) is 0. The van der Waals surface area contributed by atoms with Gasteiger partial charge in [-0.15, -0.1) is 0 Å². The molecule has 2 aliphatic heterocycles. The molecule has 3 nitrogen and oxygen atoms in total. The number of carbonyl (C=O) groups is 1. The van der Waals surface area contributed by atoms with E-state index in [0.717, 1.165) is 18.9 Å². The minimum Gasteiger partial charge on any atom is -0.352 e. The molecule has 3 heteroatoms. The molecule has 1 amide bonds. The smallest absolute Gasteiger partial charge is 0.222 e. The summed E-state index contributed by atoms with van der Waals surface area (Å²) < 4.78 is 5.62. The predicted octanol–water partition coefficient (Wildman–Crippen LogP) is 0.990. The van der Waals surface area contributed by atoms with Crippen molar-refractivity contribution in [2.75, 3.05) is 6.61 Å². The van der Waals surface area contributed by atoms with E-state index >= 15 is 0 Å². The molecule has 13 heavy (non-hydrogen) atoms. The quantitative estimate of drug-likeness (QED) is 0.521.